The number of rotatable bonds is 6. The summed E-state index contributed by atoms with van der Waals surface area (Å²) in [7, 11) is 1.63. The van der Waals surface area contributed by atoms with Gasteiger partial charge in [-0.05, 0) is 24.6 Å². The number of hydrogen-bond donors (Lipinski definition) is 1. The van der Waals surface area contributed by atoms with Gasteiger partial charge >= 0.3 is 0 Å². The Balaban J connectivity index is 2.22. The Hall–Kier alpha value is -2.01. The molecule has 0 unspecified atom stereocenters. The van der Waals surface area contributed by atoms with Crippen molar-refractivity contribution in [3.8, 4) is 0 Å². The van der Waals surface area contributed by atoms with E-state index in [4.69, 9.17) is 4.74 Å². The summed E-state index contributed by atoms with van der Waals surface area (Å²) in [6.07, 6.45) is 0.566. The molecular weight excluding hydrogens is 257 g/mol. The molecule has 0 bridgehead atoms. The van der Waals surface area contributed by atoms with E-state index in [1.54, 1.807) is 19.2 Å². The van der Waals surface area contributed by atoms with Crippen LogP contribution in [0.15, 0.2) is 30.3 Å². The molecular formula is C15H18FN3O. The molecule has 0 aliphatic heterocycles. The van der Waals surface area contributed by atoms with Gasteiger partial charge in [0.15, 0.2) is 0 Å². The number of nitrogens with one attached hydrogen (secondary N) is 1. The highest BCUT2D eigenvalue weighted by Crippen LogP contribution is 2.12. The number of aromatic nitrogens is 2. The smallest absolute Gasteiger partial charge is 0.135 e. The summed E-state index contributed by atoms with van der Waals surface area (Å²) in [4.78, 5) is 8.90. The van der Waals surface area contributed by atoms with Crippen LogP contribution >= 0.6 is 0 Å². The lowest BCUT2D eigenvalue weighted by Gasteiger charge is -2.08. The van der Waals surface area contributed by atoms with Crippen molar-refractivity contribution in [1.29, 1.82) is 0 Å². The van der Waals surface area contributed by atoms with Gasteiger partial charge in [0.2, 0.25) is 0 Å². The molecule has 0 fully saturated rings. The predicted octanol–water partition coefficient (Wildman–Crippen LogP) is 2.78. The first-order valence-corrected chi connectivity index (χ1v) is 6.55. The van der Waals surface area contributed by atoms with Crippen LogP contribution < -0.4 is 5.32 Å². The van der Waals surface area contributed by atoms with Crippen molar-refractivity contribution in [3.63, 3.8) is 0 Å². The van der Waals surface area contributed by atoms with Crippen LogP contribution in [0.1, 0.15) is 24.0 Å². The van der Waals surface area contributed by atoms with Gasteiger partial charge in [0.05, 0.1) is 12.3 Å². The van der Waals surface area contributed by atoms with E-state index in [-0.39, 0.29) is 5.82 Å². The van der Waals surface area contributed by atoms with Crippen LogP contribution in [0.5, 0.6) is 0 Å². The summed E-state index contributed by atoms with van der Waals surface area (Å²) in [6.45, 7) is 3.24. The Morgan fingerprint density at radius 2 is 1.95 bits per heavy atom. The Kier molecular flexibility index (Phi) is 5.01. The topological polar surface area (TPSA) is 47.0 Å². The van der Waals surface area contributed by atoms with Crippen molar-refractivity contribution in [2.75, 3.05) is 19.0 Å². The first-order chi connectivity index (χ1) is 9.71. The molecule has 0 saturated heterocycles. The third kappa shape index (κ3) is 3.99. The molecule has 0 amide bonds. The monoisotopic (exact) mass is 275 g/mol. The van der Waals surface area contributed by atoms with Gasteiger partial charge in [-0.1, -0.05) is 12.1 Å². The minimum atomic E-state index is -0.240. The number of anilines is 1. The maximum Gasteiger partial charge on any atom is 0.135 e. The van der Waals surface area contributed by atoms with E-state index in [0.717, 1.165) is 23.6 Å². The molecule has 2 aromatic rings. The minimum absolute atomic E-state index is 0.240. The number of methoxy groups -OCH3 is 1. The summed E-state index contributed by atoms with van der Waals surface area (Å²) >= 11 is 0. The van der Waals surface area contributed by atoms with Gasteiger partial charge < -0.3 is 10.1 Å². The van der Waals surface area contributed by atoms with Crippen LogP contribution in [0.25, 0.3) is 0 Å². The molecule has 1 aromatic carbocycles. The van der Waals surface area contributed by atoms with E-state index in [1.165, 1.54) is 12.1 Å². The second-order valence-corrected chi connectivity index (χ2v) is 4.43. The highest BCUT2D eigenvalue weighted by atomic mass is 19.1. The molecule has 1 heterocycles. The molecule has 2 rings (SSSR count). The van der Waals surface area contributed by atoms with Gasteiger partial charge in [-0.3, -0.25) is 0 Å². The van der Waals surface area contributed by atoms with E-state index in [2.05, 4.69) is 15.3 Å². The average molecular weight is 275 g/mol. The largest absolute Gasteiger partial charge is 0.378 e. The molecule has 1 N–H and O–H groups in total. The molecule has 0 aliphatic rings. The molecule has 0 saturated carbocycles. The number of ether oxygens (including phenoxy) is 1. The Labute approximate surface area is 118 Å². The van der Waals surface area contributed by atoms with E-state index in [1.807, 2.05) is 13.0 Å². The second-order valence-electron chi connectivity index (χ2n) is 4.43. The highest BCUT2D eigenvalue weighted by Gasteiger charge is 2.06. The first kappa shape index (κ1) is 14.4. The molecule has 20 heavy (non-hydrogen) atoms. The van der Waals surface area contributed by atoms with Crippen molar-refractivity contribution in [2.24, 2.45) is 0 Å². The van der Waals surface area contributed by atoms with Gasteiger partial charge in [-0.25, -0.2) is 14.4 Å². The van der Waals surface area contributed by atoms with Crippen molar-refractivity contribution in [2.45, 2.75) is 20.0 Å². The standard InChI is InChI=1S/C15H18FN3O/c1-3-17-14-9-13(10-20-2)18-15(19-14)8-11-4-6-12(16)7-5-11/h4-7,9H,3,8,10H2,1-2H3,(H,17,18,19). The van der Waals surface area contributed by atoms with Crippen molar-refractivity contribution in [3.05, 3.63) is 53.2 Å². The zero-order valence-corrected chi connectivity index (χ0v) is 11.7. The van der Waals surface area contributed by atoms with E-state index in [0.29, 0.717) is 18.9 Å². The van der Waals surface area contributed by atoms with Gasteiger partial charge in [-0.2, -0.15) is 0 Å². The zero-order valence-electron chi connectivity index (χ0n) is 11.7. The fraction of sp³-hybridized carbons (Fsp3) is 0.333. The van der Waals surface area contributed by atoms with Crippen LogP contribution in [0.2, 0.25) is 0 Å². The lowest BCUT2D eigenvalue weighted by molar-refractivity contribution is 0.181. The van der Waals surface area contributed by atoms with E-state index in [9.17, 15) is 4.39 Å². The van der Waals surface area contributed by atoms with Gasteiger partial charge in [0.1, 0.15) is 17.5 Å². The summed E-state index contributed by atoms with van der Waals surface area (Å²) in [5.41, 5.74) is 1.80. The Morgan fingerprint density at radius 3 is 2.60 bits per heavy atom. The van der Waals surface area contributed by atoms with E-state index < -0.39 is 0 Å². The molecule has 1 aromatic heterocycles. The number of halogens is 1. The second kappa shape index (κ2) is 6.96. The summed E-state index contributed by atoms with van der Waals surface area (Å²) in [6, 6.07) is 8.25. The number of nitrogens with zero attached hydrogens (tertiary/aromatic N) is 2. The normalized spacial score (nSPS) is 10.6. The lowest BCUT2D eigenvalue weighted by atomic mass is 10.1. The Morgan fingerprint density at radius 1 is 1.20 bits per heavy atom. The number of benzene rings is 1. The minimum Gasteiger partial charge on any atom is -0.378 e. The van der Waals surface area contributed by atoms with Crippen molar-refractivity contribution < 1.29 is 9.13 Å². The van der Waals surface area contributed by atoms with Crippen LogP contribution in [-0.2, 0) is 17.8 Å². The SMILES string of the molecule is CCNc1cc(COC)nc(Cc2ccc(F)cc2)n1. The fourth-order valence-corrected chi connectivity index (χ4v) is 1.91. The maximum atomic E-state index is 12.9. The molecule has 0 atom stereocenters. The molecule has 5 heteroatoms. The maximum absolute atomic E-state index is 12.9. The first-order valence-electron chi connectivity index (χ1n) is 6.55. The third-order valence-corrected chi connectivity index (χ3v) is 2.75. The molecule has 4 nitrogen and oxygen atoms in total. The van der Waals surface area contributed by atoms with Crippen LogP contribution in [0, 0.1) is 5.82 Å². The van der Waals surface area contributed by atoms with E-state index >= 15 is 0 Å². The quantitative estimate of drug-likeness (QED) is 0.880. The summed E-state index contributed by atoms with van der Waals surface area (Å²) < 4.78 is 18.0. The highest BCUT2D eigenvalue weighted by molar-refractivity contribution is 5.36. The predicted molar refractivity (Wildman–Crippen MR) is 76.1 cm³/mol. The third-order valence-electron chi connectivity index (χ3n) is 2.75. The average Bonchev–Trinajstić information content (AvgIpc) is 2.42. The lowest BCUT2D eigenvalue weighted by Crippen LogP contribution is -2.07. The van der Waals surface area contributed by atoms with Gasteiger partial charge in [-0.15, -0.1) is 0 Å². The summed E-state index contributed by atoms with van der Waals surface area (Å²) in [5.74, 6) is 1.24. The number of hydrogen-bond acceptors (Lipinski definition) is 4. The molecule has 0 spiro atoms. The van der Waals surface area contributed by atoms with Crippen molar-refractivity contribution in [1.82, 2.24) is 9.97 Å². The van der Waals surface area contributed by atoms with Gasteiger partial charge in [0, 0.05) is 26.1 Å². The van der Waals surface area contributed by atoms with Crippen LogP contribution in [0.4, 0.5) is 10.2 Å². The fourth-order valence-electron chi connectivity index (χ4n) is 1.91. The molecule has 0 aliphatic carbocycles. The van der Waals surface area contributed by atoms with Crippen molar-refractivity contribution >= 4 is 5.82 Å². The van der Waals surface area contributed by atoms with Crippen LogP contribution in [0.3, 0.4) is 0 Å². The van der Waals surface area contributed by atoms with Gasteiger partial charge in [0.25, 0.3) is 0 Å². The summed E-state index contributed by atoms with van der Waals surface area (Å²) in [5, 5.41) is 3.17. The zero-order chi connectivity index (χ0) is 14.4. The Bertz CT molecular complexity index is 533. The molecule has 106 valence electrons. The van der Waals surface area contributed by atoms with Crippen LogP contribution in [-0.4, -0.2) is 23.6 Å². The molecule has 0 radical (unpaired) electrons.